The summed E-state index contributed by atoms with van der Waals surface area (Å²) in [5, 5.41) is 2.80. The van der Waals surface area contributed by atoms with Crippen molar-refractivity contribution in [1.82, 2.24) is 5.32 Å². The number of esters is 1. The molecule has 0 saturated heterocycles. The van der Waals surface area contributed by atoms with E-state index >= 15 is 0 Å². The molecule has 1 saturated carbocycles. The van der Waals surface area contributed by atoms with Crippen molar-refractivity contribution in [3.63, 3.8) is 0 Å². The molecule has 0 aliphatic heterocycles. The van der Waals surface area contributed by atoms with Crippen LogP contribution >= 0.6 is 0 Å². The van der Waals surface area contributed by atoms with E-state index in [1.807, 2.05) is 6.92 Å². The molecular formula is C16H21NO5S. The first-order valence-corrected chi connectivity index (χ1v) is 9.54. The minimum atomic E-state index is -3.11. The van der Waals surface area contributed by atoms with Crippen LogP contribution in [0, 0.1) is 5.92 Å². The van der Waals surface area contributed by atoms with Crippen molar-refractivity contribution in [2.45, 2.75) is 31.6 Å². The zero-order chi connectivity index (χ0) is 17.0. The number of hydrogen-bond acceptors (Lipinski definition) is 5. The van der Waals surface area contributed by atoms with Gasteiger partial charge in [0, 0.05) is 12.3 Å². The van der Waals surface area contributed by atoms with Gasteiger partial charge in [-0.3, -0.25) is 4.79 Å². The lowest BCUT2D eigenvalue weighted by Crippen LogP contribution is -2.37. The number of sulfone groups is 1. The minimum absolute atomic E-state index is 0.0796. The standard InChI is InChI=1S/C16H21NO5S/c1-11(13-7-8-13)17-15(18)9-22-16(19)14-5-3-12(4-6-14)10-23(2,20)21/h3-6,11,13H,7-10H2,1-2H3,(H,17,18)/t11-/m0/s1. The van der Waals surface area contributed by atoms with Gasteiger partial charge < -0.3 is 10.1 Å². The second-order valence-electron chi connectivity index (χ2n) is 6.04. The summed E-state index contributed by atoms with van der Waals surface area (Å²) >= 11 is 0. The molecule has 1 aromatic rings. The van der Waals surface area contributed by atoms with Gasteiger partial charge in [0.15, 0.2) is 16.4 Å². The number of hydrogen-bond donors (Lipinski definition) is 1. The maximum atomic E-state index is 11.9. The van der Waals surface area contributed by atoms with Gasteiger partial charge in [-0.05, 0) is 43.4 Å². The fraction of sp³-hybridized carbons (Fsp3) is 0.500. The Morgan fingerprint density at radius 1 is 1.26 bits per heavy atom. The Bertz CT molecular complexity index is 677. The highest BCUT2D eigenvalue weighted by Crippen LogP contribution is 2.32. The second kappa shape index (κ2) is 7.12. The van der Waals surface area contributed by atoms with Crippen LogP contribution in [-0.2, 0) is 25.1 Å². The van der Waals surface area contributed by atoms with E-state index in [-0.39, 0.29) is 29.9 Å². The van der Waals surface area contributed by atoms with Gasteiger partial charge in [0.05, 0.1) is 11.3 Å². The van der Waals surface area contributed by atoms with Crippen molar-refractivity contribution in [2.24, 2.45) is 5.92 Å². The number of benzene rings is 1. The lowest BCUT2D eigenvalue weighted by Gasteiger charge is -2.12. The first-order valence-electron chi connectivity index (χ1n) is 7.48. The summed E-state index contributed by atoms with van der Waals surface area (Å²) in [6, 6.07) is 6.22. The molecule has 1 aliphatic carbocycles. The number of carbonyl (C=O) groups excluding carboxylic acids is 2. The van der Waals surface area contributed by atoms with E-state index < -0.39 is 15.8 Å². The predicted molar refractivity (Wildman–Crippen MR) is 85.6 cm³/mol. The van der Waals surface area contributed by atoms with Crippen LogP contribution in [0.5, 0.6) is 0 Å². The highest BCUT2D eigenvalue weighted by atomic mass is 32.2. The molecule has 0 bridgehead atoms. The Balaban J connectivity index is 1.81. The van der Waals surface area contributed by atoms with Crippen molar-refractivity contribution in [1.29, 1.82) is 0 Å². The molecular weight excluding hydrogens is 318 g/mol. The highest BCUT2D eigenvalue weighted by molar-refractivity contribution is 7.89. The summed E-state index contributed by atoms with van der Waals surface area (Å²) in [6.45, 7) is 1.62. The van der Waals surface area contributed by atoms with E-state index in [9.17, 15) is 18.0 Å². The molecule has 6 nitrogen and oxygen atoms in total. The third kappa shape index (κ3) is 6.02. The number of ether oxygens (including phenoxy) is 1. The summed E-state index contributed by atoms with van der Waals surface area (Å²) in [6.07, 6.45) is 3.40. The zero-order valence-electron chi connectivity index (χ0n) is 13.2. The topological polar surface area (TPSA) is 89.5 Å². The van der Waals surface area contributed by atoms with E-state index in [4.69, 9.17) is 4.74 Å². The van der Waals surface area contributed by atoms with Gasteiger partial charge in [0.2, 0.25) is 0 Å². The average Bonchev–Trinajstić information content (AvgIpc) is 3.28. The Kier molecular flexibility index (Phi) is 5.41. The molecule has 1 atom stereocenters. The van der Waals surface area contributed by atoms with E-state index in [1.165, 1.54) is 12.1 Å². The van der Waals surface area contributed by atoms with Crippen LogP contribution in [0.2, 0.25) is 0 Å². The molecule has 0 aromatic heterocycles. The van der Waals surface area contributed by atoms with Gasteiger partial charge >= 0.3 is 5.97 Å². The molecule has 1 aromatic carbocycles. The molecule has 1 N–H and O–H groups in total. The summed E-state index contributed by atoms with van der Waals surface area (Å²) in [5.74, 6) is -0.460. The summed E-state index contributed by atoms with van der Waals surface area (Å²) in [4.78, 5) is 23.5. The van der Waals surface area contributed by atoms with Crippen LogP contribution in [0.3, 0.4) is 0 Å². The van der Waals surface area contributed by atoms with Crippen LogP contribution in [-0.4, -0.2) is 39.2 Å². The number of amides is 1. The van der Waals surface area contributed by atoms with Crippen molar-refractivity contribution in [3.05, 3.63) is 35.4 Å². The van der Waals surface area contributed by atoms with Crippen molar-refractivity contribution in [3.8, 4) is 0 Å². The molecule has 23 heavy (non-hydrogen) atoms. The average molecular weight is 339 g/mol. The van der Waals surface area contributed by atoms with Gasteiger partial charge in [-0.25, -0.2) is 13.2 Å². The van der Waals surface area contributed by atoms with Crippen molar-refractivity contribution < 1.29 is 22.7 Å². The number of carbonyl (C=O) groups is 2. The highest BCUT2D eigenvalue weighted by Gasteiger charge is 2.29. The molecule has 2 rings (SSSR count). The fourth-order valence-electron chi connectivity index (χ4n) is 2.26. The van der Waals surface area contributed by atoms with E-state index in [0.29, 0.717) is 11.5 Å². The van der Waals surface area contributed by atoms with Gasteiger partial charge in [-0.1, -0.05) is 12.1 Å². The molecule has 0 radical (unpaired) electrons. The van der Waals surface area contributed by atoms with E-state index in [0.717, 1.165) is 19.1 Å². The van der Waals surface area contributed by atoms with E-state index in [1.54, 1.807) is 12.1 Å². The SMILES string of the molecule is C[C@H](NC(=O)COC(=O)c1ccc(CS(C)(=O)=O)cc1)C1CC1. The molecule has 0 heterocycles. The Morgan fingerprint density at radius 3 is 2.39 bits per heavy atom. The Morgan fingerprint density at radius 2 is 1.87 bits per heavy atom. The molecule has 7 heteroatoms. The quantitative estimate of drug-likeness (QED) is 0.756. The summed E-state index contributed by atoms with van der Waals surface area (Å²) in [5.41, 5.74) is 0.880. The minimum Gasteiger partial charge on any atom is -0.452 e. The van der Waals surface area contributed by atoms with Crippen molar-refractivity contribution >= 4 is 21.7 Å². The maximum absolute atomic E-state index is 11.9. The third-order valence-electron chi connectivity index (χ3n) is 3.67. The fourth-order valence-corrected chi connectivity index (χ4v) is 3.06. The molecule has 1 aliphatic rings. The number of nitrogens with one attached hydrogen (secondary N) is 1. The van der Waals surface area contributed by atoms with Gasteiger partial charge in [0.25, 0.3) is 5.91 Å². The first-order chi connectivity index (χ1) is 10.7. The van der Waals surface area contributed by atoms with Crippen molar-refractivity contribution in [2.75, 3.05) is 12.9 Å². The Hall–Kier alpha value is -1.89. The molecule has 0 spiro atoms. The predicted octanol–water partition coefficient (Wildman–Crippen LogP) is 1.30. The smallest absolute Gasteiger partial charge is 0.338 e. The third-order valence-corrected chi connectivity index (χ3v) is 4.53. The first kappa shape index (κ1) is 17.5. The lowest BCUT2D eigenvalue weighted by molar-refractivity contribution is -0.124. The lowest BCUT2D eigenvalue weighted by atomic mass is 10.1. The van der Waals surface area contributed by atoms with Crippen LogP contribution < -0.4 is 5.32 Å². The van der Waals surface area contributed by atoms with E-state index in [2.05, 4.69) is 5.32 Å². The summed E-state index contributed by atoms with van der Waals surface area (Å²) in [7, 11) is -3.11. The molecule has 0 unspecified atom stereocenters. The largest absolute Gasteiger partial charge is 0.452 e. The zero-order valence-corrected chi connectivity index (χ0v) is 14.1. The molecule has 1 fully saturated rings. The van der Waals surface area contributed by atoms with Gasteiger partial charge in [-0.15, -0.1) is 0 Å². The summed E-state index contributed by atoms with van der Waals surface area (Å²) < 4.78 is 27.4. The molecule has 1 amide bonds. The normalized spacial score (nSPS) is 15.7. The van der Waals surface area contributed by atoms with Crippen LogP contribution in [0.25, 0.3) is 0 Å². The maximum Gasteiger partial charge on any atom is 0.338 e. The van der Waals surface area contributed by atoms with Crippen LogP contribution in [0.1, 0.15) is 35.7 Å². The van der Waals surface area contributed by atoms with Gasteiger partial charge in [0.1, 0.15) is 0 Å². The monoisotopic (exact) mass is 339 g/mol. The number of rotatable bonds is 7. The van der Waals surface area contributed by atoms with Crippen LogP contribution in [0.4, 0.5) is 0 Å². The second-order valence-corrected chi connectivity index (χ2v) is 8.18. The van der Waals surface area contributed by atoms with Gasteiger partial charge in [-0.2, -0.15) is 0 Å². The Labute approximate surface area is 136 Å². The molecule has 126 valence electrons. The van der Waals surface area contributed by atoms with Crippen LogP contribution in [0.15, 0.2) is 24.3 Å².